The number of benzene rings is 2. The van der Waals surface area contributed by atoms with Crippen molar-refractivity contribution >= 4 is 22.4 Å². The van der Waals surface area contributed by atoms with E-state index >= 15 is 0 Å². The van der Waals surface area contributed by atoms with Crippen molar-refractivity contribution in [2.75, 3.05) is 32.7 Å². The van der Waals surface area contributed by atoms with Gasteiger partial charge in [0.15, 0.2) is 16.6 Å². The lowest BCUT2D eigenvalue weighted by atomic mass is 9.81. The number of aryl methyl sites for hydroxylation is 1. The van der Waals surface area contributed by atoms with Crippen LogP contribution in [0.5, 0.6) is 17.2 Å². The minimum atomic E-state index is -0.604. The lowest BCUT2D eigenvalue weighted by Gasteiger charge is -2.37. The molecule has 0 saturated carbocycles. The van der Waals surface area contributed by atoms with E-state index in [0.29, 0.717) is 51.6 Å². The first kappa shape index (κ1) is 30.9. The molecule has 13 nitrogen and oxygen atoms in total. The molecule has 0 radical (unpaired) electrons. The van der Waals surface area contributed by atoms with Crippen LogP contribution in [0.4, 0.5) is 5.13 Å². The SMILES string of the molecule is COc1ccc(-n2nc(-c3cn(CCOc4cc5c(cc4OC)CCN[C@]5(C)CC(=O)Nc4nccs4)nn3)cc(C)c2=O)cc1. The van der Waals surface area contributed by atoms with Crippen LogP contribution in [-0.2, 0) is 23.3 Å². The molecule has 0 bridgehead atoms. The summed E-state index contributed by atoms with van der Waals surface area (Å²) in [5.74, 6) is 1.75. The van der Waals surface area contributed by atoms with Gasteiger partial charge >= 0.3 is 0 Å². The monoisotopic (exact) mass is 642 g/mol. The Morgan fingerprint density at radius 3 is 2.67 bits per heavy atom. The van der Waals surface area contributed by atoms with E-state index in [1.54, 1.807) is 68.6 Å². The van der Waals surface area contributed by atoms with Crippen molar-refractivity contribution in [3.8, 4) is 34.3 Å². The van der Waals surface area contributed by atoms with Crippen molar-refractivity contribution in [3.63, 3.8) is 0 Å². The van der Waals surface area contributed by atoms with Crippen LogP contribution in [-0.4, -0.2) is 63.0 Å². The van der Waals surface area contributed by atoms with Crippen molar-refractivity contribution in [1.82, 2.24) is 35.1 Å². The molecule has 46 heavy (non-hydrogen) atoms. The van der Waals surface area contributed by atoms with Gasteiger partial charge in [0.2, 0.25) is 5.91 Å². The number of carbonyl (C=O) groups is 1. The molecule has 238 valence electrons. The van der Waals surface area contributed by atoms with E-state index in [2.05, 4.69) is 31.0 Å². The Kier molecular flexibility index (Phi) is 8.81. The summed E-state index contributed by atoms with van der Waals surface area (Å²) < 4.78 is 20.1. The average Bonchev–Trinajstić information content (AvgIpc) is 3.75. The summed E-state index contributed by atoms with van der Waals surface area (Å²) >= 11 is 1.38. The van der Waals surface area contributed by atoms with E-state index in [9.17, 15) is 9.59 Å². The maximum atomic E-state index is 12.9. The van der Waals surface area contributed by atoms with Crippen molar-refractivity contribution in [1.29, 1.82) is 0 Å². The molecule has 0 fully saturated rings. The number of ether oxygens (including phenoxy) is 3. The van der Waals surface area contributed by atoms with Gasteiger partial charge in [0.1, 0.15) is 23.7 Å². The molecule has 14 heteroatoms. The molecule has 0 aliphatic carbocycles. The minimum absolute atomic E-state index is 0.123. The molecule has 0 unspecified atom stereocenters. The van der Waals surface area contributed by atoms with Gasteiger partial charge in [-0.3, -0.25) is 9.59 Å². The molecule has 4 heterocycles. The van der Waals surface area contributed by atoms with Crippen molar-refractivity contribution in [3.05, 3.63) is 87.3 Å². The van der Waals surface area contributed by atoms with Gasteiger partial charge in [0.05, 0.1) is 32.6 Å². The van der Waals surface area contributed by atoms with Gasteiger partial charge in [-0.15, -0.1) is 16.4 Å². The van der Waals surface area contributed by atoms with Crippen LogP contribution in [0.3, 0.4) is 0 Å². The number of thiazole rings is 1. The number of amides is 1. The second-order valence-electron chi connectivity index (χ2n) is 11.1. The van der Waals surface area contributed by atoms with Crippen LogP contribution in [0.25, 0.3) is 17.1 Å². The lowest BCUT2D eigenvalue weighted by Crippen LogP contribution is -2.47. The Morgan fingerprint density at radius 1 is 1.11 bits per heavy atom. The Hall–Kier alpha value is -5.08. The molecule has 1 aliphatic heterocycles. The summed E-state index contributed by atoms with van der Waals surface area (Å²) in [6.45, 7) is 5.18. The van der Waals surface area contributed by atoms with E-state index in [1.807, 2.05) is 24.4 Å². The summed E-state index contributed by atoms with van der Waals surface area (Å²) in [7, 11) is 3.20. The molecule has 6 rings (SSSR count). The van der Waals surface area contributed by atoms with Crippen LogP contribution < -0.4 is 30.4 Å². The third-order valence-electron chi connectivity index (χ3n) is 7.87. The van der Waals surface area contributed by atoms with E-state index in [1.165, 1.54) is 16.0 Å². The van der Waals surface area contributed by atoms with Crippen LogP contribution in [0.15, 0.2) is 65.0 Å². The highest BCUT2D eigenvalue weighted by atomic mass is 32.1. The zero-order valence-electron chi connectivity index (χ0n) is 25.9. The van der Waals surface area contributed by atoms with Crippen LogP contribution in [0.2, 0.25) is 0 Å². The highest BCUT2D eigenvalue weighted by Gasteiger charge is 2.35. The quantitative estimate of drug-likeness (QED) is 0.218. The fraction of sp³-hybridized carbons (Fsp3) is 0.312. The first-order valence-corrected chi connectivity index (χ1v) is 15.6. The highest BCUT2D eigenvalue weighted by Crippen LogP contribution is 2.39. The summed E-state index contributed by atoms with van der Waals surface area (Å²) in [6, 6.07) is 12.7. The van der Waals surface area contributed by atoms with E-state index in [0.717, 1.165) is 24.1 Å². The Bertz CT molecular complexity index is 1900. The predicted molar refractivity (Wildman–Crippen MR) is 173 cm³/mol. The lowest BCUT2D eigenvalue weighted by molar-refractivity contribution is -0.117. The number of carbonyl (C=O) groups excluding carboxylic acids is 1. The highest BCUT2D eigenvalue weighted by molar-refractivity contribution is 7.13. The van der Waals surface area contributed by atoms with Crippen LogP contribution >= 0.6 is 11.3 Å². The number of hydrogen-bond donors (Lipinski definition) is 2. The van der Waals surface area contributed by atoms with Gasteiger partial charge < -0.3 is 24.8 Å². The van der Waals surface area contributed by atoms with Gasteiger partial charge in [0.25, 0.3) is 5.56 Å². The number of nitrogens with one attached hydrogen (secondary N) is 2. The third kappa shape index (κ3) is 6.48. The number of anilines is 1. The van der Waals surface area contributed by atoms with E-state index in [4.69, 9.17) is 14.2 Å². The molecule has 0 saturated heterocycles. The molecule has 1 aliphatic rings. The predicted octanol–water partition coefficient (Wildman–Crippen LogP) is 3.74. The molecule has 2 N–H and O–H groups in total. The summed E-state index contributed by atoms with van der Waals surface area (Å²) in [5.41, 5.74) is 3.44. The summed E-state index contributed by atoms with van der Waals surface area (Å²) in [6.07, 6.45) is 4.46. The number of nitrogens with zero attached hydrogens (tertiary/aromatic N) is 6. The van der Waals surface area contributed by atoms with Crippen LogP contribution in [0.1, 0.15) is 30.0 Å². The fourth-order valence-corrected chi connectivity index (χ4v) is 6.05. The van der Waals surface area contributed by atoms with Crippen molar-refractivity contribution < 1.29 is 19.0 Å². The number of hydrogen-bond acceptors (Lipinski definition) is 11. The molecule has 0 spiro atoms. The van der Waals surface area contributed by atoms with Crippen molar-refractivity contribution in [2.24, 2.45) is 0 Å². The molecule has 1 atom stereocenters. The molecular weight excluding hydrogens is 608 g/mol. The second-order valence-corrected chi connectivity index (χ2v) is 12.0. The average molecular weight is 643 g/mol. The topological polar surface area (TPSA) is 147 Å². The van der Waals surface area contributed by atoms with E-state index in [-0.39, 0.29) is 24.5 Å². The Labute approximate surface area is 269 Å². The number of fused-ring (bicyclic) bond motifs is 1. The zero-order chi connectivity index (χ0) is 32.3. The molecular formula is C32H34N8O5S. The maximum absolute atomic E-state index is 12.9. The normalized spacial score (nSPS) is 15.7. The van der Waals surface area contributed by atoms with Gasteiger partial charge in [-0.1, -0.05) is 5.21 Å². The zero-order valence-corrected chi connectivity index (χ0v) is 26.8. The van der Waals surface area contributed by atoms with Crippen molar-refractivity contribution in [2.45, 2.75) is 38.8 Å². The smallest absolute Gasteiger partial charge is 0.274 e. The van der Waals surface area contributed by atoms with Gasteiger partial charge in [-0.05, 0) is 73.9 Å². The first-order chi connectivity index (χ1) is 22.3. The Balaban J connectivity index is 1.16. The van der Waals surface area contributed by atoms with Crippen LogP contribution in [0, 0.1) is 6.92 Å². The van der Waals surface area contributed by atoms with E-state index < -0.39 is 5.54 Å². The molecule has 3 aromatic heterocycles. The van der Waals surface area contributed by atoms with Gasteiger partial charge in [0, 0.05) is 35.6 Å². The Morgan fingerprint density at radius 2 is 1.93 bits per heavy atom. The first-order valence-electron chi connectivity index (χ1n) is 14.7. The number of rotatable bonds is 11. The molecule has 1 amide bonds. The maximum Gasteiger partial charge on any atom is 0.274 e. The van der Waals surface area contributed by atoms with Gasteiger partial charge in [-0.2, -0.15) is 9.78 Å². The fourth-order valence-electron chi connectivity index (χ4n) is 5.50. The number of methoxy groups -OCH3 is 2. The largest absolute Gasteiger partial charge is 0.497 e. The minimum Gasteiger partial charge on any atom is -0.497 e. The summed E-state index contributed by atoms with van der Waals surface area (Å²) in [4.78, 5) is 29.9. The molecule has 5 aromatic rings. The third-order valence-corrected chi connectivity index (χ3v) is 8.56. The molecule has 2 aromatic carbocycles. The summed E-state index contributed by atoms with van der Waals surface area (Å²) in [5, 5.41) is 21.9. The standard InChI is InChI=1S/C32H34N8O5S/c1-20-15-25(37-40(30(20)42)22-5-7-23(43-3)8-6-22)26-19-39(38-36-26)12-13-45-28-17-24-21(16-27(28)44-4)9-10-34-32(24,2)18-29(41)35-31-33-11-14-46-31/h5-8,11,14-17,19,34H,9-10,12-13,18H2,1-4H3,(H,33,35,41)/t32-/m1/s1. The number of aromatic nitrogens is 6. The van der Waals surface area contributed by atoms with Gasteiger partial charge in [-0.25, -0.2) is 9.67 Å². The second kappa shape index (κ2) is 13.1.